The Hall–Kier alpha value is -2.45. The van der Waals surface area contributed by atoms with Crippen LogP contribution in [0.25, 0.3) is 16.7 Å². The van der Waals surface area contributed by atoms with Gasteiger partial charge in [-0.2, -0.15) is 0 Å². The molecule has 0 amide bonds. The van der Waals surface area contributed by atoms with Gasteiger partial charge >= 0.3 is 0 Å². The summed E-state index contributed by atoms with van der Waals surface area (Å²) in [6.07, 6.45) is 2.32. The van der Waals surface area contributed by atoms with E-state index in [1.165, 1.54) is 11.3 Å². The smallest absolute Gasteiger partial charge is 0.192 e. The van der Waals surface area contributed by atoms with Crippen LogP contribution in [0.2, 0.25) is 5.02 Å². The van der Waals surface area contributed by atoms with Gasteiger partial charge < -0.3 is 15.2 Å². The number of aromatic amines is 1. The molecule has 3 aromatic heterocycles. The summed E-state index contributed by atoms with van der Waals surface area (Å²) in [6, 6.07) is 10.9. The fourth-order valence-corrected chi connectivity index (χ4v) is 3.94. The number of hydrogen-bond donors (Lipinski definition) is 3. The third kappa shape index (κ3) is 2.95. The van der Waals surface area contributed by atoms with E-state index in [1.807, 2.05) is 24.3 Å². The molecule has 1 atom stereocenters. The fourth-order valence-electron chi connectivity index (χ4n) is 2.82. The average Bonchev–Trinajstić information content (AvgIpc) is 3.28. The number of hydrogen-bond acceptors (Lipinski definition) is 5. The number of pyridine rings is 1. The number of aliphatic hydroxyl groups is 2. The Morgan fingerprint density at radius 1 is 1.27 bits per heavy atom. The summed E-state index contributed by atoms with van der Waals surface area (Å²) in [5.41, 5.74) is 2.70. The van der Waals surface area contributed by atoms with Gasteiger partial charge in [-0.05, 0) is 24.3 Å². The highest BCUT2D eigenvalue weighted by Crippen LogP contribution is 2.24. The van der Waals surface area contributed by atoms with Crippen molar-refractivity contribution in [2.45, 2.75) is 12.8 Å². The zero-order valence-corrected chi connectivity index (χ0v) is 15.1. The van der Waals surface area contributed by atoms with Crippen LogP contribution in [0.3, 0.4) is 0 Å². The minimum absolute atomic E-state index is 0.162. The van der Waals surface area contributed by atoms with E-state index in [0.29, 0.717) is 32.4 Å². The summed E-state index contributed by atoms with van der Waals surface area (Å²) in [7, 11) is 0. The van der Waals surface area contributed by atoms with E-state index in [-0.39, 0.29) is 6.61 Å². The molecule has 0 spiro atoms. The van der Waals surface area contributed by atoms with Crippen LogP contribution in [0.5, 0.6) is 0 Å². The van der Waals surface area contributed by atoms with Crippen molar-refractivity contribution >= 4 is 34.0 Å². The zero-order chi connectivity index (χ0) is 18.1. The van der Waals surface area contributed by atoms with Gasteiger partial charge in [0.25, 0.3) is 0 Å². The third-order valence-corrected chi connectivity index (χ3v) is 5.25. The highest BCUT2D eigenvalue weighted by atomic mass is 35.5. The van der Waals surface area contributed by atoms with Crippen molar-refractivity contribution in [3.05, 3.63) is 75.3 Å². The Labute approximate surface area is 157 Å². The van der Waals surface area contributed by atoms with Gasteiger partial charge in [-0.1, -0.05) is 23.7 Å². The first-order chi connectivity index (χ1) is 12.7. The van der Waals surface area contributed by atoms with Crippen molar-refractivity contribution in [2.75, 3.05) is 0 Å². The van der Waals surface area contributed by atoms with Gasteiger partial charge in [0.15, 0.2) is 11.0 Å². The predicted octanol–water partition coefficient (Wildman–Crippen LogP) is 3.15. The molecule has 0 aliphatic heterocycles. The molecule has 0 bridgehead atoms. The van der Waals surface area contributed by atoms with E-state index in [2.05, 4.69) is 15.0 Å². The van der Waals surface area contributed by atoms with Crippen LogP contribution < -0.4 is 4.80 Å². The lowest BCUT2D eigenvalue weighted by atomic mass is 10.1. The molecule has 0 saturated carbocycles. The Bertz CT molecular complexity index is 1130. The molecule has 0 saturated heterocycles. The third-order valence-electron chi connectivity index (χ3n) is 4.04. The van der Waals surface area contributed by atoms with Crippen LogP contribution in [0.1, 0.15) is 17.5 Å². The molecule has 6 nitrogen and oxygen atoms in total. The van der Waals surface area contributed by atoms with Gasteiger partial charge in [0.2, 0.25) is 0 Å². The van der Waals surface area contributed by atoms with E-state index >= 15 is 0 Å². The molecule has 8 heteroatoms. The molecule has 3 heterocycles. The quantitative estimate of drug-likeness (QED) is 0.503. The Morgan fingerprint density at radius 2 is 2.12 bits per heavy atom. The maximum atomic E-state index is 10.7. The van der Waals surface area contributed by atoms with Crippen molar-refractivity contribution < 1.29 is 10.2 Å². The SMILES string of the molecule is OCc1cs/c(=N\C(O)c2ccnc3[nH]ccc23)n1-c1ccccc1Cl. The van der Waals surface area contributed by atoms with Crippen molar-refractivity contribution in [3.63, 3.8) is 0 Å². The molecular formula is C18H15ClN4O2S. The van der Waals surface area contributed by atoms with Crippen molar-refractivity contribution in [2.24, 2.45) is 4.99 Å². The van der Waals surface area contributed by atoms with Crippen LogP contribution in [0.15, 0.2) is 59.2 Å². The standard InChI is InChI=1S/C18H15ClN4O2S/c19-14-3-1-2-4-15(14)23-11(9-24)10-26-18(23)22-17(25)13-6-8-21-16-12(13)5-7-20-16/h1-8,10,17,24-25H,9H2,(H,20,21)/b22-18-. The summed E-state index contributed by atoms with van der Waals surface area (Å²) in [5.74, 6) is 0. The highest BCUT2D eigenvalue weighted by molar-refractivity contribution is 7.07. The van der Waals surface area contributed by atoms with E-state index in [1.54, 1.807) is 34.5 Å². The summed E-state index contributed by atoms with van der Waals surface area (Å²) < 4.78 is 1.76. The molecule has 1 unspecified atom stereocenters. The molecule has 4 aromatic rings. The van der Waals surface area contributed by atoms with Crippen LogP contribution in [0.4, 0.5) is 0 Å². The molecule has 4 rings (SSSR count). The molecule has 0 aliphatic carbocycles. The van der Waals surface area contributed by atoms with Crippen LogP contribution in [0, 0.1) is 0 Å². The van der Waals surface area contributed by atoms with Crippen molar-refractivity contribution in [1.29, 1.82) is 0 Å². The number of aliphatic hydroxyl groups excluding tert-OH is 2. The second-order valence-electron chi connectivity index (χ2n) is 5.60. The van der Waals surface area contributed by atoms with Crippen LogP contribution >= 0.6 is 22.9 Å². The molecule has 0 fully saturated rings. The topological polar surface area (TPSA) is 86.4 Å². The van der Waals surface area contributed by atoms with Gasteiger partial charge in [-0.25, -0.2) is 9.98 Å². The van der Waals surface area contributed by atoms with Crippen molar-refractivity contribution in [3.8, 4) is 5.69 Å². The number of halogens is 1. The predicted molar refractivity (Wildman–Crippen MR) is 101 cm³/mol. The second kappa shape index (κ2) is 7.05. The fraction of sp³-hybridized carbons (Fsp3) is 0.111. The molecule has 0 aliphatic rings. The van der Waals surface area contributed by atoms with Gasteiger partial charge in [-0.15, -0.1) is 11.3 Å². The number of para-hydroxylation sites is 1. The number of H-pyrrole nitrogens is 1. The van der Waals surface area contributed by atoms with E-state index in [0.717, 1.165) is 5.39 Å². The first-order valence-electron chi connectivity index (χ1n) is 7.88. The summed E-state index contributed by atoms with van der Waals surface area (Å²) in [6.45, 7) is -0.162. The molecule has 0 radical (unpaired) electrons. The normalized spacial score (nSPS) is 13.4. The number of nitrogens with one attached hydrogen (secondary N) is 1. The van der Waals surface area contributed by atoms with Gasteiger partial charge in [0.05, 0.1) is 23.0 Å². The maximum Gasteiger partial charge on any atom is 0.192 e. The van der Waals surface area contributed by atoms with E-state index in [9.17, 15) is 10.2 Å². The van der Waals surface area contributed by atoms with Gasteiger partial charge in [-0.3, -0.25) is 4.57 Å². The lowest BCUT2D eigenvalue weighted by Gasteiger charge is -2.11. The number of nitrogens with zero attached hydrogens (tertiary/aromatic N) is 3. The highest BCUT2D eigenvalue weighted by Gasteiger charge is 2.14. The van der Waals surface area contributed by atoms with Gasteiger partial charge in [0, 0.05) is 28.7 Å². The molecular weight excluding hydrogens is 372 g/mol. The van der Waals surface area contributed by atoms with E-state index in [4.69, 9.17) is 11.6 Å². The van der Waals surface area contributed by atoms with Crippen LogP contribution in [-0.4, -0.2) is 24.7 Å². The largest absolute Gasteiger partial charge is 0.390 e. The van der Waals surface area contributed by atoms with Crippen LogP contribution in [-0.2, 0) is 6.61 Å². The Morgan fingerprint density at radius 3 is 2.92 bits per heavy atom. The molecule has 132 valence electrons. The summed E-state index contributed by atoms with van der Waals surface area (Å²) in [4.78, 5) is 12.3. The van der Waals surface area contributed by atoms with Crippen molar-refractivity contribution in [1.82, 2.24) is 14.5 Å². The monoisotopic (exact) mass is 386 g/mol. The second-order valence-corrected chi connectivity index (χ2v) is 6.84. The minimum Gasteiger partial charge on any atom is -0.390 e. The number of fused-ring (bicyclic) bond motifs is 1. The van der Waals surface area contributed by atoms with E-state index < -0.39 is 6.23 Å². The number of rotatable bonds is 4. The first-order valence-corrected chi connectivity index (χ1v) is 9.14. The summed E-state index contributed by atoms with van der Waals surface area (Å²) >= 11 is 7.65. The number of aromatic nitrogens is 3. The number of thiazole rings is 1. The Balaban J connectivity index is 1.87. The molecule has 26 heavy (non-hydrogen) atoms. The zero-order valence-electron chi connectivity index (χ0n) is 13.5. The average molecular weight is 387 g/mol. The maximum absolute atomic E-state index is 10.7. The first kappa shape index (κ1) is 17.0. The lowest BCUT2D eigenvalue weighted by Crippen LogP contribution is -2.17. The summed E-state index contributed by atoms with van der Waals surface area (Å²) in [5, 5.41) is 23.5. The Kier molecular flexibility index (Phi) is 4.60. The lowest BCUT2D eigenvalue weighted by molar-refractivity contribution is 0.185. The minimum atomic E-state index is -1.07. The van der Waals surface area contributed by atoms with Gasteiger partial charge in [0.1, 0.15) is 5.65 Å². The molecule has 3 N–H and O–H groups in total. The number of benzene rings is 1. The molecule has 1 aromatic carbocycles.